The summed E-state index contributed by atoms with van der Waals surface area (Å²) in [4.78, 5) is 43.8. The van der Waals surface area contributed by atoms with Gasteiger partial charge in [-0.15, -0.1) is 11.3 Å². The number of anilines is 1. The molecule has 0 unspecified atom stereocenters. The van der Waals surface area contributed by atoms with Gasteiger partial charge in [0.1, 0.15) is 0 Å². The zero-order valence-corrected chi connectivity index (χ0v) is 18.5. The molecule has 2 aromatic heterocycles. The fourth-order valence-corrected chi connectivity index (χ4v) is 4.63. The first-order valence-electron chi connectivity index (χ1n) is 9.90. The summed E-state index contributed by atoms with van der Waals surface area (Å²) in [6.07, 6.45) is 0. The minimum absolute atomic E-state index is 0.338. The third-order valence-corrected chi connectivity index (χ3v) is 5.97. The number of amides is 1. The second-order valence-electron chi connectivity index (χ2n) is 7.50. The lowest BCUT2D eigenvalue weighted by Crippen LogP contribution is -2.36. The van der Waals surface area contributed by atoms with Crippen molar-refractivity contribution < 1.29 is 4.79 Å². The Hall–Kier alpha value is -3.52. The summed E-state index contributed by atoms with van der Waals surface area (Å²) in [5.41, 5.74) is 5.43. The maximum Gasteiger partial charge on any atom is 0.316 e. The predicted octanol–water partition coefficient (Wildman–Crippen LogP) is 4.01. The molecule has 0 spiro atoms. The van der Waals surface area contributed by atoms with Crippen LogP contribution < -0.4 is 16.4 Å². The molecule has 0 aliphatic heterocycles. The molecule has 0 atom stereocenters. The predicted molar refractivity (Wildman–Crippen MR) is 124 cm³/mol. The van der Waals surface area contributed by atoms with Crippen LogP contribution in [0.2, 0.25) is 0 Å². The van der Waals surface area contributed by atoms with Crippen molar-refractivity contribution >= 4 is 33.4 Å². The van der Waals surface area contributed by atoms with E-state index in [-0.39, 0.29) is 5.91 Å². The summed E-state index contributed by atoms with van der Waals surface area (Å²) in [5.74, 6) is -0.338. The number of H-pyrrole nitrogens is 1. The van der Waals surface area contributed by atoms with Crippen LogP contribution in [0.5, 0.6) is 0 Å². The molecule has 0 saturated heterocycles. The number of carbonyl (C=O) groups excluding carboxylic acids is 1. The highest BCUT2D eigenvalue weighted by Gasteiger charge is 2.15. The van der Waals surface area contributed by atoms with Crippen LogP contribution in [-0.2, 0) is 6.54 Å². The van der Waals surface area contributed by atoms with Crippen molar-refractivity contribution in [2.75, 3.05) is 5.32 Å². The average Bonchev–Trinajstić information content (AvgIpc) is 3.15. The molecule has 0 saturated carbocycles. The molecule has 0 radical (unpaired) electrons. The molecule has 2 aromatic carbocycles. The fourth-order valence-electron chi connectivity index (χ4n) is 3.93. The highest BCUT2D eigenvalue weighted by molar-refractivity contribution is 7.14. The van der Waals surface area contributed by atoms with Gasteiger partial charge < -0.3 is 9.55 Å². The minimum Gasteiger partial charge on any atom is -0.316 e. The summed E-state index contributed by atoms with van der Waals surface area (Å²) in [7, 11) is 0. The van der Waals surface area contributed by atoms with Crippen molar-refractivity contribution in [3.63, 3.8) is 0 Å². The summed E-state index contributed by atoms with van der Waals surface area (Å²) in [5, 5.41) is 5.25. The molecule has 8 heteroatoms. The molecule has 4 aromatic rings. The average molecular weight is 435 g/mol. The number of aryl methyl sites for hydroxylation is 4. The molecule has 0 aliphatic carbocycles. The van der Waals surface area contributed by atoms with Crippen molar-refractivity contribution in [1.29, 1.82) is 0 Å². The van der Waals surface area contributed by atoms with Gasteiger partial charge >= 0.3 is 11.1 Å². The van der Waals surface area contributed by atoms with Gasteiger partial charge in [0.15, 0.2) is 5.13 Å². The van der Waals surface area contributed by atoms with Crippen LogP contribution in [0.1, 0.15) is 34.0 Å². The maximum atomic E-state index is 12.8. The number of thiazole rings is 1. The number of benzene rings is 2. The first-order valence-corrected chi connectivity index (χ1v) is 10.8. The van der Waals surface area contributed by atoms with Gasteiger partial charge in [-0.1, -0.05) is 17.7 Å². The number of hydrogen-bond acceptors (Lipinski definition) is 5. The molecule has 0 aliphatic rings. The van der Waals surface area contributed by atoms with Gasteiger partial charge in [0.25, 0.3) is 5.91 Å². The lowest BCUT2D eigenvalue weighted by molar-refractivity contribution is 0.102. The van der Waals surface area contributed by atoms with Crippen LogP contribution in [0, 0.1) is 20.8 Å². The zero-order chi connectivity index (χ0) is 22.3. The van der Waals surface area contributed by atoms with Gasteiger partial charge in [0, 0.05) is 23.1 Å². The number of nitrogens with zero attached hydrogens (tertiary/aromatic N) is 2. The number of fused-ring (bicyclic) bond motifs is 1. The monoisotopic (exact) mass is 434 g/mol. The SMILES string of the molecule is CCn1c(=O)c(=O)[nH]c2cc(C(=O)Nc3nc(-c4c(C)cc(C)cc4C)cs3)ccc21. The molecule has 2 N–H and O–H groups in total. The Morgan fingerprint density at radius 3 is 2.52 bits per heavy atom. The van der Waals surface area contributed by atoms with Crippen LogP contribution in [-0.4, -0.2) is 20.4 Å². The first kappa shape index (κ1) is 20.7. The second kappa shape index (κ2) is 7.96. The maximum absolute atomic E-state index is 12.8. The van der Waals surface area contributed by atoms with E-state index < -0.39 is 11.1 Å². The molecular formula is C23H22N4O3S. The Kier molecular flexibility index (Phi) is 5.32. The molecule has 4 rings (SSSR count). The highest BCUT2D eigenvalue weighted by Crippen LogP contribution is 2.31. The van der Waals surface area contributed by atoms with E-state index >= 15 is 0 Å². The third kappa shape index (κ3) is 3.82. The van der Waals surface area contributed by atoms with Gasteiger partial charge in [0.05, 0.1) is 16.7 Å². The Balaban J connectivity index is 1.64. The highest BCUT2D eigenvalue weighted by atomic mass is 32.1. The summed E-state index contributed by atoms with van der Waals surface area (Å²) >= 11 is 1.36. The zero-order valence-electron chi connectivity index (χ0n) is 17.7. The Morgan fingerprint density at radius 1 is 1.13 bits per heavy atom. The molecule has 158 valence electrons. The second-order valence-corrected chi connectivity index (χ2v) is 8.36. The van der Waals surface area contributed by atoms with Crippen molar-refractivity contribution in [2.45, 2.75) is 34.2 Å². The van der Waals surface area contributed by atoms with Crippen molar-refractivity contribution in [3.8, 4) is 11.3 Å². The van der Waals surface area contributed by atoms with Gasteiger partial charge in [-0.05, 0) is 57.0 Å². The first-order chi connectivity index (χ1) is 14.8. The Bertz CT molecular complexity index is 1420. The summed E-state index contributed by atoms with van der Waals surface area (Å²) in [6.45, 7) is 8.33. The van der Waals surface area contributed by atoms with Crippen LogP contribution >= 0.6 is 11.3 Å². The normalized spacial score (nSPS) is 11.1. The number of rotatable bonds is 4. The number of nitrogens with one attached hydrogen (secondary N) is 2. The molecule has 1 amide bonds. The number of aromatic amines is 1. The van der Waals surface area contributed by atoms with Gasteiger partial charge in [-0.25, -0.2) is 4.98 Å². The minimum atomic E-state index is -0.708. The van der Waals surface area contributed by atoms with Crippen LogP contribution in [0.4, 0.5) is 5.13 Å². The summed E-state index contributed by atoms with van der Waals surface area (Å²) in [6, 6.07) is 9.10. The van der Waals surface area contributed by atoms with Crippen molar-refractivity contribution in [2.24, 2.45) is 0 Å². The van der Waals surface area contributed by atoms with Gasteiger partial charge in [-0.3, -0.25) is 19.7 Å². The molecule has 0 bridgehead atoms. The molecular weight excluding hydrogens is 412 g/mol. The van der Waals surface area contributed by atoms with Crippen LogP contribution in [0.3, 0.4) is 0 Å². The molecule has 7 nitrogen and oxygen atoms in total. The Morgan fingerprint density at radius 2 is 1.84 bits per heavy atom. The van der Waals surface area contributed by atoms with Crippen molar-refractivity contribution in [1.82, 2.24) is 14.5 Å². The lowest BCUT2D eigenvalue weighted by Gasteiger charge is -2.09. The molecule has 0 fully saturated rings. The molecule has 31 heavy (non-hydrogen) atoms. The van der Waals surface area contributed by atoms with E-state index in [1.807, 2.05) is 5.38 Å². The van der Waals surface area contributed by atoms with E-state index in [2.05, 4.69) is 48.2 Å². The van der Waals surface area contributed by atoms with E-state index in [1.54, 1.807) is 25.1 Å². The Labute approximate surface area is 182 Å². The topological polar surface area (TPSA) is 96.9 Å². The van der Waals surface area contributed by atoms with E-state index in [9.17, 15) is 14.4 Å². The van der Waals surface area contributed by atoms with Crippen molar-refractivity contribution in [3.05, 3.63) is 78.7 Å². The third-order valence-electron chi connectivity index (χ3n) is 5.21. The van der Waals surface area contributed by atoms with E-state index in [0.29, 0.717) is 28.3 Å². The molecule has 2 heterocycles. The van der Waals surface area contributed by atoms with Crippen LogP contribution in [0.25, 0.3) is 22.3 Å². The quantitative estimate of drug-likeness (QED) is 0.474. The lowest BCUT2D eigenvalue weighted by atomic mass is 9.98. The number of hydrogen-bond donors (Lipinski definition) is 2. The fraction of sp³-hybridized carbons (Fsp3) is 0.217. The number of aromatic nitrogens is 3. The van der Waals surface area contributed by atoms with Gasteiger partial charge in [-0.2, -0.15) is 0 Å². The van der Waals surface area contributed by atoms with E-state index in [1.165, 1.54) is 21.5 Å². The van der Waals surface area contributed by atoms with Gasteiger partial charge in [0.2, 0.25) is 0 Å². The standard InChI is InChI=1S/C23H22N4O3S/c1-5-27-18-7-6-15(10-16(18)24-21(29)22(27)30)20(28)26-23-25-17(11-31-23)19-13(3)8-12(2)9-14(19)4/h6-11H,5H2,1-4H3,(H,24,29)(H,25,26,28). The number of carbonyl (C=O) groups is 1. The van der Waals surface area contributed by atoms with E-state index in [4.69, 9.17) is 0 Å². The largest absolute Gasteiger partial charge is 0.316 e. The van der Waals surface area contributed by atoms with E-state index in [0.717, 1.165) is 22.4 Å². The smallest absolute Gasteiger partial charge is 0.316 e. The van der Waals surface area contributed by atoms with Crippen LogP contribution in [0.15, 0.2) is 45.3 Å². The summed E-state index contributed by atoms with van der Waals surface area (Å²) < 4.78 is 1.38.